The molecule has 2 N–H and O–H groups in total. The molecule has 1 aliphatic carbocycles. The third-order valence-electron chi connectivity index (χ3n) is 4.00. The number of hydrogen-bond acceptors (Lipinski definition) is 6. The molecule has 6 heteroatoms. The van der Waals surface area contributed by atoms with E-state index in [1.807, 2.05) is 30.3 Å². The van der Waals surface area contributed by atoms with Gasteiger partial charge in [0, 0.05) is 13.6 Å². The number of aliphatic hydroxyl groups excluding tert-OH is 1. The maximum absolute atomic E-state index is 8.98. The van der Waals surface area contributed by atoms with Crippen LogP contribution in [0.1, 0.15) is 34.5 Å². The molecular formula is C16H22N4OS. The zero-order valence-corrected chi connectivity index (χ0v) is 13.9. The first-order valence-corrected chi connectivity index (χ1v) is 8.50. The second-order valence-corrected chi connectivity index (χ2v) is 6.91. The number of likely N-dealkylation sites (N-methyl/N-ethyl adjacent to an activating group) is 1. The molecule has 1 unspecified atom stereocenters. The zero-order valence-electron chi connectivity index (χ0n) is 13.0. The molecule has 1 aliphatic rings. The van der Waals surface area contributed by atoms with Gasteiger partial charge in [0.05, 0.1) is 40.1 Å². The van der Waals surface area contributed by atoms with Gasteiger partial charge in [0.1, 0.15) is 5.82 Å². The number of anilines is 2. The summed E-state index contributed by atoms with van der Waals surface area (Å²) in [5.74, 6) is 0.894. The van der Waals surface area contributed by atoms with Crippen molar-refractivity contribution in [1.29, 1.82) is 0 Å². The minimum atomic E-state index is 0.145. The molecule has 0 saturated carbocycles. The van der Waals surface area contributed by atoms with Crippen molar-refractivity contribution in [3.63, 3.8) is 0 Å². The lowest BCUT2D eigenvalue weighted by molar-refractivity contribution is 0.304. The fraction of sp³-hybridized carbons (Fsp3) is 0.500. The van der Waals surface area contributed by atoms with Crippen LogP contribution in [0, 0.1) is 6.92 Å². The molecule has 0 amide bonds. The maximum Gasteiger partial charge on any atom is 0.126 e. The quantitative estimate of drug-likeness (QED) is 0.887. The average molecular weight is 318 g/mol. The summed E-state index contributed by atoms with van der Waals surface area (Å²) in [6, 6.07) is 4.36. The molecule has 1 atom stereocenters. The number of aromatic nitrogens is 2. The highest BCUT2D eigenvalue weighted by molar-refractivity contribution is 7.11. The van der Waals surface area contributed by atoms with Crippen molar-refractivity contribution in [1.82, 2.24) is 9.97 Å². The molecule has 0 spiro atoms. The fourth-order valence-electron chi connectivity index (χ4n) is 2.83. The van der Waals surface area contributed by atoms with Gasteiger partial charge in [0.15, 0.2) is 0 Å². The summed E-state index contributed by atoms with van der Waals surface area (Å²) in [6.45, 7) is 2.83. The van der Waals surface area contributed by atoms with Gasteiger partial charge >= 0.3 is 0 Å². The standard InChI is InChI=1S/C16H22N4OS/c1-11-18-13-4-3-5-14(16(13)22-11)19-15-7-6-12(10-17-15)20(2)8-9-21/h6-7,10,14,21H,3-5,8-9H2,1-2H3,(H,17,19). The zero-order chi connectivity index (χ0) is 15.5. The lowest BCUT2D eigenvalue weighted by Crippen LogP contribution is -2.21. The number of nitrogens with one attached hydrogen (secondary N) is 1. The van der Waals surface area contributed by atoms with Gasteiger partial charge in [-0.05, 0) is 38.3 Å². The Bertz CT molecular complexity index is 626. The summed E-state index contributed by atoms with van der Waals surface area (Å²) in [6.07, 6.45) is 5.24. The number of aliphatic hydroxyl groups is 1. The molecule has 0 saturated heterocycles. The highest BCUT2D eigenvalue weighted by Gasteiger charge is 2.24. The van der Waals surface area contributed by atoms with E-state index in [9.17, 15) is 0 Å². The minimum Gasteiger partial charge on any atom is -0.395 e. The molecule has 0 fully saturated rings. The molecular weight excluding hydrogens is 296 g/mol. The number of fused-ring (bicyclic) bond motifs is 1. The molecule has 2 heterocycles. The SMILES string of the molecule is Cc1nc2c(s1)C(Nc1ccc(N(C)CCO)cn1)CCC2. The van der Waals surface area contributed by atoms with E-state index < -0.39 is 0 Å². The molecule has 2 aromatic rings. The Balaban J connectivity index is 1.71. The van der Waals surface area contributed by atoms with Crippen LogP contribution in [0.25, 0.3) is 0 Å². The third kappa shape index (κ3) is 3.23. The van der Waals surface area contributed by atoms with E-state index in [2.05, 4.69) is 22.2 Å². The highest BCUT2D eigenvalue weighted by Crippen LogP contribution is 2.35. The molecule has 0 aromatic carbocycles. The Morgan fingerprint density at radius 3 is 3.05 bits per heavy atom. The van der Waals surface area contributed by atoms with Crippen LogP contribution in [-0.4, -0.2) is 35.3 Å². The van der Waals surface area contributed by atoms with Gasteiger partial charge in [-0.15, -0.1) is 11.3 Å². The number of nitrogens with zero attached hydrogens (tertiary/aromatic N) is 3. The van der Waals surface area contributed by atoms with E-state index in [4.69, 9.17) is 5.11 Å². The topological polar surface area (TPSA) is 61.3 Å². The van der Waals surface area contributed by atoms with Crippen molar-refractivity contribution in [2.45, 2.75) is 32.2 Å². The molecule has 3 rings (SSSR count). The Morgan fingerprint density at radius 2 is 2.32 bits per heavy atom. The minimum absolute atomic E-state index is 0.145. The predicted molar refractivity (Wildman–Crippen MR) is 90.7 cm³/mol. The Hall–Kier alpha value is -1.66. The number of hydrogen-bond donors (Lipinski definition) is 2. The summed E-state index contributed by atoms with van der Waals surface area (Å²) < 4.78 is 0. The monoisotopic (exact) mass is 318 g/mol. The van der Waals surface area contributed by atoms with E-state index in [1.54, 1.807) is 11.3 Å². The highest BCUT2D eigenvalue weighted by atomic mass is 32.1. The largest absolute Gasteiger partial charge is 0.395 e. The van der Waals surface area contributed by atoms with Crippen LogP contribution in [0.15, 0.2) is 18.3 Å². The van der Waals surface area contributed by atoms with E-state index in [-0.39, 0.29) is 6.61 Å². The summed E-state index contributed by atoms with van der Waals surface area (Å²) in [5.41, 5.74) is 2.27. The molecule has 0 bridgehead atoms. The Kier molecular flexibility index (Phi) is 4.59. The van der Waals surface area contributed by atoms with Crippen LogP contribution in [-0.2, 0) is 6.42 Å². The van der Waals surface area contributed by atoms with Crippen molar-refractivity contribution in [2.24, 2.45) is 0 Å². The fourth-order valence-corrected chi connectivity index (χ4v) is 3.89. The van der Waals surface area contributed by atoms with Crippen LogP contribution in [0.4, 0.5) is 11.5 Å². The van der Waals surface area contributed by atoms with Crippen molar-refractivity contribution in [3.8, 4) is 0 Å². The first kappa shape index (κ1) is 15.2. The molecule has 0 aliphatic heterocycles. The summed E-state index contributed by atoms with van der Waals surface area (Å²) in [5, 5.41) is 13.7. The van der Waals surface area contributed by atoms with Gasteiger partial charge in [-0.3, -0.25) is 0 Å². The maximum atomic E-state index is 8.98. The van der Waals surface area contributed by atoms with Gasteiger partial charge in [0.25, 0.3) is 0 Å². The van der Waals surface area contributed by atoms with Gasteiger partial charge in [-0.25, -0.2) is 9.97 Å². The average Bonchev–Trinajstić information content (AvgIpc) is 2.90. The van der Waals surface area contributed by atoms with Gasteiger partial charge in [-0.2, -0.15) is 0 Å². The van der Waals surface area contributed by atoms with Crippen LogP contribution in [0.3, 0.4) is 0 Å². The van der Waals surface area contributed by atoms with Gasteiger partial charge < -0.3 is 15.3 Å². The van der Waals surface area contributed by atoms with Crippen LogP contribution in [0.5, 0.6) is 0 Å². The van der Waals surface area contributed by atoms with Crippen LogP contribution < -0.4 is 10.2 Å². The Labute approximate surface area is 135 Å². The third-order valence-corrected chi connectivity index (χ3v) is 5.13. The molecule has 22 heavy (non-hydrogen) atoms. The molecule has 5 nitrogen and oxygen atoms in total. The summed E-state index contributed by atoms with van der Waals surface area (Å²) in [4.78, 5) is 12.5. The van der Waals surface area contributed by atoms with Crippen molar-refractivity contribution in [2.75, 3.05) is 30.4 Å². The number of pyridine rings is 1. The van der Waals surface area contributed by atoms with E-state index >= 15 is 0 Å². The van der Waals surface area contributed by atoms with Gasteiger partial charge in [-0.1, -0.05) is 0 Å². The van der Waals surface area contributed by atoms with Gasteiger partial charge in [0.2, 0.25) is 0 Å². The lowest BCUT2D eigenvalue weighted by Gasteiger charge is -2.23. The van der Waals surface area contributed by atoms with Crippen LogP contribution in [0.2, 0.25) is 0 Å². The molecule has 2 aromatic heterocycles. The van der Waals surface area contributed by atoms with Crippen molar-refractivity contribution in [3.05, 3.63) is 33.9 Å². The number of rotatable bonds is 5. The first-order valence-electron chi connectivity index (χ1n) is 7.68. The van der Waals surface area contributed by atoms with Crippen molar-refractivity contribution < 1.29 is 5.11 Å². The molecule has 0 radical (unpaired) electrons. The smallest absolute Gasteiger partial charge is 0.126 e. The Morgan fingerprint density at radius 1 is 1.45 bits per heavy atom. The first-order chi connectivity index (χ1) is 10.7. The molecule has 118 valence electrons. The van der Waals surface area contributed by atoms with Crippen LogP contribution >= 0.6 is 11.3 Å². The predicted octanol–water partition coefficient (Wildman–Crippen LogP) is 2.76. The summed E-state index contributed by atoms with van der Waals surface area (Å²) >= 11 is 1.79. The van der Waals surface area contributed by atoms with E-state index in [0.29, 0.717) is 12.6 Å². The normalized spacial score (nSPS) is 17.1. The summed E-state index contributed by atoms with van der Waals surface area (Å²) in [7, 11) is 1.95. The second kappa shape index (κ2) is 6.62. The van der Waals surface area contributed by atoms with E-state index in [1.165, 1.54) is 17.0 Å². The lowest BCUT2D eigenvalue weighted by atomic mass is 9.98. The van der Waals surface area contributed by atoms with Crippen molar-refractivity contribution >= 4 is 22.8 Å². The number of aryl methyl sites for hydroxylation is 2. The second-order valence-electron chi connectivity index (χ2n) is 5.68. The number of thiazole rings is 1. The van der Waals surface area contributed by atoms with E-state index in [0.717, 1.165) is 29.4 Å².